The first-order valence-corrected chi connectivity index (χ1v) is 4.57. The molecule has 0 saturated carbocycles. The summed E-state index contributed by atoms with van der Waals surface area (Å²) in [5.41, 5.74) is 7.44. The third-order valence-corrected chi connectivity index (χ3v) is 2.03. The summed E-state index contributed by atoms with van der Waals surface area (Å²) in [6, 6.07) is 7.62. The molecule has 4 heteroatoms. The molecule has 2 aromatic rings. The van der Waals surface area contributed by atoms with E-state index in [0.29, 0.717) is 17.4 Å². The quantitative estimate of drug-likeness (QED) is 0.756. The van der Waals surface area contributed by atoms with Crippen LogP contribution in [-0.4, -0.2) is 9.97 Å². The Morgan fingerprint density at radius 3 is 2.60 bits per heavy atom. The Kier molecular flexibility index (Phi) is 2.49. The van der Waals surface area contributed by atoms with Gasteiger partial charge in [-0.25, -0.2) is 9.97 Å². The molecule has 1 aromatic carbocycles. The van der Waals surface area contributed by atoms with E-state index < -0.39 is 0 Å². The number of hydrogen-bond donors (Lipinski definition) is 1. The number of nitrogens with zero attached hydrogens (tertiary/aromatic N) is 2. The topological polar surface area (TPSA) is 61.0 Å². The minimum absolute atomic E-state index is 0.301. The molecule has 1 aromatic heterocycles. The second kappa shape index (κ2) is 3.96. The van der Waals surface area contributed by atoms with E-state index in [1.807, 2.05) is 19.1 Å². The van der Waals surface area contributed by atoms with E-state index in [0.717, 1.165) is 5.56 Å². The zero-order valence-electron chi connectivity index (χ0n) is 8.34. The van der Waals surface area contributed by atoms with E-state index >= 15 is 0 Å². The molecule has 1 heterocycles. The van der Waals surface area contributed by atoms with Crippen molar-refractivity contribution >= 4 is 5.69 Å². The molecule has 0 aliphatic rings. The lowest BCUT2D eigenvalue weighted by Crippen LogP contribution is -1.96. The highest BCUT2D eigenvalue weighted by atomic mass is 16.5. The Bertz CT molecular complexity index is 457. The Hall–Kier alpha value is -2.10. The highest BCUT2D eigenvalue weighted by Gasteiger charge is 2.04. The maximum atomic E-state index is 5.85. The van der Waals surface area contributed by atoms with Gasteiger partial charge >= 0.3 is 6.01 Å². The number of aryl methyl sites for hydroxylation is 1. The van der Waals surface area contributed by atoms with Gasteiger partial charge in [-0.1, -0.05) is 12.1 Å². The van der Waals surface area contributed by atoms with Crippen molar-refractivity contribution in [2.24, 2.45) is 0 Å². The second-order valence-electron chi connectivity index (χ2n) is 3.12. The van der Waals surface area contributed by atoms with Crippen molar-refractivity contribution in [3.05, 3.63) is 42.2 Å². The Morgan fingerprint density at radius 1 is 1.13 bits per heavy atom. The van der Waals surface area contributed by atoms with Crippen molar-refractivity contribution in [3.8, 4) is 11.8 Å². The Labute approximate surface area is 87.7 Å². The fourth-order valence-electron chi connectivity index (χ4n) is 1.18. The monoisotopic (exact) mass is 201 g/mol. The van der Waals surface area contributed by atoms with Gasteiger partial charge in [-0.05, 0) is 24.6 Å². The number of nitrogen functional groups attached to an aromatic ring is 1. The van der Waals surface area contributed by atoms with Crippen LogP contribution < -0.4 is 10.5 Å². The average Bonchev–Trinajstić information content (AvgIpc) is 2.26. The van der Waals surface area contributed by atoms with Gasteiger partial charge < -0.3 is 10.5 Å². The van der Waals surface area contributed by atoms with Crippen molar-refractivity contribution in [3.63, 3.8) is 0 Å². The van der Waals surface area contributed by atoms with E-state index in [-0.39, 0.29) is 0 Å². The SMILES string of the molecule is Cc1cccc(Oc2ncccn2)c1N. The zero-order chi connectivity index (χ0) is 10.7. The summed E-state index contributed by atoms with van der Waals surface area (Å²) in [6.45, 7) is 1.92. The lowest BCUT2D eigenvalue weighted by Gasteiger charge is -2.07. The molecule has 0 atom stereocenters. The minimum Gasteiger partial charge on any atom is -0.422 e. The molecule has 0 saturated heterocycles. The largest absolute Gasteiger partial charge is 0.422 e. The van der Waals surface area contributed by atoms with Gasteiger partial charge in [0, 0.05) is 12.4 Å². The lowest BCUT2D eigenvalue weighted by atomic mass is 10.2. The highest BCUT2D eigenvalue weighted by Crippen LogP contribution is 2.27. The van der Waals surface area contributed by atoms with Crippen LogP contribution in [0.1, 0.15) is 5.56 Å². The maximum absolute atomic E-state index is 5.85. The minimum atomic E-state index is 0.301. The van der Waals surface area contributed by atoms with Gasteiger partial charge in [0.25, 0.3) is 0 Å². The third kappa shape index (κ3) is 2.04. The van der Waals surface area contributed by atoms with Gasteiger partial charge in [0.2, 0.25) is 0 Å². The van der Waals surface area contributed by atoms with Crippen molar-refractivity contribution in [1.82, 2.24) is 9.97 Å². The van der Waals surface area contributed by atoms with Crippen LogP contribution in [0.5, 0.6) is 11.8 Å². The van der Waals surface area contributed by atoms with E-state index in [1.165, 1.54) is 0 Å². The van der Waals surface area contributed by atoms with Crippen LogP contribution in [-0.2, 0) is 0 Å². The molecule has 2 rings (SSSR count). The number of nitrogens with two attached hydrogens (primary N) is 1. The van der Waals surface area contributed by atoms with Gasteiger partial charge in [0.15, 0.2) is 5.75 Å². The molecule has 0 amide bonds. The van der Waals surface area contributed by atoms with Gasteiger partial charge in [-0.3, -0.25) is 0 Å². The summed E-state index contributed by atoms with van der Waals surface area (Å²) in [5.74, 6) is 0.584. The molecule has 76 valence electrons. The predicted molar refractivity (Wildman–Crippen MR) is 57.7 cm³/mol. The molecule has 0 spiro atoms. The van der Waals surface area contributed by atoms with Crippen LogP contribution in [0.15, 0.2) is 36.7 Å². The van der Waals surface area contributed by atoms with E-state index in [1.54, 1.807) is 24.5 Å². The summed E-state index contributed by atoms with van der Waals surface area (Å²) < 4.78 is 5.44. The first-order valence-electron chi connectivity index (χ1n) is 4.57. The highest BCUT2D eigenvalue weighted by molar-refractivity contribution is 5.58. The van der Waals surface area contributed by atoms with Gasteiger partial charge in [-0.15, -0.1) is 0 Å². The van der Waals surface area contributed by atoms with Crippen LogP contribution in [0.25, 0.3) is 0 Å². The summed E-state index contributed by atoms with van der Waals surface area (Å²) in [4.78, 5) is 7.91. The summed E-state index contributed by atoms with van der Waals surface area (Å²) in [5, 5.41) is 0. The molecule has 0 bridgehead atoms. The van der Waals surface area contributed by atoms with Crippen LogP contribution in [0.2, 0.25) is 0 Å². The molecular formula is C11H11N3O. The third-order valence-electron chi connectivity index (χ3n) is 2.03. The number of anilines is 1. The van der Waals surface area contributed by atoms with Crippen LogP contribution in [0.4, 0.5) is 5.69 Å². The normalized spacial score (nSPS) is 9.93. The first kappa shape index (κ1) is 9.45. The maximum Gasteiger partial charge on any atom is 0.321 e. The van der Waals surface area contributed by atoms with Crippen molar-refractivity contribution in [2.75, 3.05) is 5.73 Å². The van der Waals surface area contributed by atoms with E-state index in [4.69, 9.17) is 10.5 Å². The molecule has 0 radical (unpaired) electrons. The Morgan fingerprint density at radius 2 is 1.87 bits per heavy atom. The van der Waals surface area contributed by atoms with Crippen molar-refractivity contribution in [1.29, 1.82) is 0 Å². The van der Waals surface area contributed by atoms with Crippen molar-refractivity contribution in [2.45, 2.75) is 6.92 Å². The molecular weight excluding hydrogens is 190 g/mol. The molecule has 2 N–H and O–H groups in total. The summed E-state index contributed by atoms with van der Waals surface area (Å²) in [7, 11) is 0. The number of rotatable bonds is 2. The molecule has 0 fully saturated rings. The van der Waals surface area contributed by atoms with Crippen LogP contribution >= 0.6 is 0 Å². The summed E-state index contributed by atoms with van der Waals surface area (Å²) in [6.07, 6.45) is 3.24. The van der Waals surface area contributed by atoms with E-state index in [2.05, 4.69) is 9.97 Å². The number of hydrogen-bond acceptors (Lipinski definition) is 4. The van der Waals surface area contributed by atoms with Crippen molar-refractivity contribution < 1.29 is 4.74 Å². The number of para-hydroxylation sites is 1. The molecule has 0 aliphatic carbocycles. The molecule has 15 heavy (non-hydrogen) atoms. The van der Waals surface area contributed by atoms with Gasteiger partial charge in [0.1, 0.15) is 0 Å². The lowest BCUT2D eigenvalue weighted by molar-refractivity contribution is 0.443. The summed E-state index contributed by atoms with van der Waals surface area (Å²) >= 11 is 0. The van der Waals surface area contributed by atoms with Crippen LogP contribution in [0.3, 0.4) is 0 Å². The average molecular weight is 201 g/mol. The zero-order valence-corrected chi connectivity index (χ0v) is 8.34. The smallest absolute Gasteiger partial charge is 0.321 e. The fraction of sp³-hybridized carbons (Fsp3) is 0.0909. The number of ether oxygens (including phenoxy) is 1. The number of benzene rings is 1. The molecule has 0 unspecified atom stereocenters. The van der Waals surface area contributed by atoms with E-state index in [9.17, 15) is 0 Å². The molecule has 0 aliphatic heterocycles. The number of aromatic nitrogens is 2. The predicted octanol–water partition coefficient (Wildman–Crippen LogP) is 2.16. The van der Waals surface area contributed by atoms with Gasteiger partial charge in [-0.2, -0.15) is 0 Å². The second-order valence-corrected chi connectivity index (χ2v) is 3.12. The molecule has 4 nitrogen and oxygen atoms in total. The van der Waals surface area contributed by atoms with Gasteiger partial charge in [0.05, 0.1) is 5.69 Å². The fourth-order valence-corrected chi connectivity index (χ4v) is 1.18. The van der Waals surface area contributed by atoms with Crippen LogP contribution in [0, 0.1) is 6.92 Å². The first-order chi connectivity index (χ1) is 7.27. The Balaban J connectivity index is 2.29. The standard InChI is InChI=1S/C11H11N3O/c1-8-4-2-5-9(10(8)12)15-11-13-6-3-7-14-11/h2-7H,12H2,1H3.